The lowest BCUT2D eigenvalue weighted by Gasteiger charge is -2.32. The molecule has 1 saturated heterocycles. The first-order chi connectivity index (χ1) is 17.5. The van der Waals surface area contributed by atoms with Crippen molar-refractivity contribution < 1.29 is 9.59 Å². The van der Waals surface area contributed by atoms with Gasteiger partial charge in [-0.3, -0.25) is 14.6 Å². The molecule has 2 aromatic heterocycles. The molecule has 3 aromatic rings. The van der Waals surface area contributed by atoms with Crippen LogP contribution in [0.15, 0.2) is 54.5 Å². The number of nitrogen functional groups attached to an aromatic ring is 1. The third kappa shape index (κ3) is 5.25. The molecule has 186 valence electrons. The molecule has 0 bridgehead atoms. The number of fused-ring (bicyclic) bond motifs is 1. The lowest BCUT2D eigenvalue weighted by atomic mass is 9.84. The molecule has 2 aliphatic rings. The van der Waals surface area contributed by atoms with Gasteiger partial charge in [-0.05, 0) is 92.6 Å². The largest absolute Gasteiger partial charge is 0.398 e. The molecule has 1 aliphatic heterocycles. The zero-order valence-electron chi connectivity index (χ0n) is 20.8. The maximum atomic E-state index is 12.8. The summed E-state index contributed by atoms with van der Waals surface area (Å²) in [5.74, 6) is 0.690. The number of nitrogens with two attached hydrogens (primary N) is 1. The molecule has 2 amide bonds. The second-order valence-electron chi connectivity index (χ2n) is 10.00. The average Bonchev–Trinajstić information content (AvgIpc) is 2.89. The molecule has 3 N–H and O–H groups in total. The molecule has 7 heteroatoms. The van der Waals surface area contributed by atoms with Gasteiger partial charge in [-0.15, -0.1) is 0 Å². The van der Waals surface area contributed by atoms with Crippen LogP contribution in [0.5, 0.6) is 0 Å². The molecule has 5 rings (SSSR count). The zero-order chi connectivity index (χ0) is 25.1. The summed E-state index contributed by atoms with van der Waals surface area (Å²) >= 11 is 0. The quantitative estimate of drug-likeness (QED) is 0.390. The Bertz CT molecular complexity index is 1320. The van der Waals surface area contributed by atoms with Crippen LogP contribution in [-0.2, 0) is 9.59 Å². The first-order valence-electron chi connectivity index (χ1n) is 12.9. The normalized spacial score (nSPS) is 18.2. The van der Waals surface area contributed by atoms with Crippen LogP contribution in [0, 0.1) is 12.8 Å². The van der Waals surface area contributed by atoms with Crippen LogP contribution in [0.3, 0.4) is 0 Å². The molecule has 36 heavy (non-hydrogen) atoms. The number of carbonyl (C=O) groups excluding carboxylic acids is 2. The molecular formula is C29H33N5O2. The molecular weight excluding hydrogens is 450 g/mol. The number of hydrogen-bond acceptors (Lipinski definition) is 5. The smallest absolute Gasteiger partial charge is 0.249 e. The molecule has 1 aliphatic carbocycles. The number of piperidine rings is 1. The highest BCUT2D eigenvalue weighted by Crippen LogP contribution is 2.32. The van der Waals surface area contributed by atoms with Crippen molar-refractivity contribution in [3.8, 4) is 11.1 Å². The van der Waals surface area contributed by atoms with Gasteiger partial charge in [-0.1, -0.05) is 5.57 Å². The minimum absolute atomic E-state index is 0.0913. The molecule has 2 fully saturated rings. The molecule has 0 atom stereocenters. The number of rotatable bonds is 4. The number of pyridine rings is 2. The van der Waals surface area contributed by atoms with E-state index in [2.05, 4.69) is 15.3 Å². The highest BCUT2D eigenvalue weighted by atomic mass is 16.2. The number of allylic oxidation sites excluding steroid dienone is 1. The summed E-state index contributed by atoms with van der Waals surface area (Å²) in [7, 11) is 0. The molecule has 0 radical (unpaired) electrons. The van der Waals surface area contributed by atoms with Crippen molar-refractivity contribution in [2.75, 3.05) is 24.1 Å². The van der Waals surface area contributed by atoms with E-state index in [0.29, 0.717) is 17.4 Å². The topological polar surface area (TPSA) is 101 Å². The SMILES string of the molecule is Cc1ccncc1-c1cc(N)c2cnc(NC(=O)C=C3CCC(C(=O)N4CCCCC4)CC3)cc2c1. The summed E-state index contributed by atoms with van der Waals surface area (Å²) in [5.41, 5.74) is 11.2. The molecule has 3 heterocycles. The van der Waals surface area contributed by atoms with Crippen molar-refractivity contribution in [2.24, 2.45) is 5.92 Å². The fraction of sp³-hybridized carbons (Fsp3) is 0.379. The summed E-state index contributed by atoms with van der Waals surface area (Å²) in [6, 6.07) is 7.80. The number of nitrogens with zero attached hydrogens (tertiary/aromatic N) is 3. The van der Waals surface area contributed by atoms with Gasteiger partial charge in [0.1, 0.15) is 5.82 Å². The third-order valence-corrected chi connectivity index (χ3v) is 7.45. The second-order valence-corrected chi connectivity index (χ2v) is 10.00. The number of carbonyl (C=O) groups is 2. The van der Waals surface area contributed by atoms with Crippen molar-refractivity contribution in [1.82, 2.24) is 14.9 Å². The van der Waals surface area contributed by atoms with Gasteiger partial charge in [0.2, 0.25) is 11.8 Å². The minimum atomic E-state index is -0.190. The van der Waals surface area contributed by atoms with Crippen LogP contribution in [0.2, 0.25) is 0 Å². The van der Waals surface area contributed by atoms with E-state index in [1.807, 2.05) is 42.3 Å². The summed E-state index contributed by atoms with van der Waals surface area (Å²) < 4.78 is 0. The Morgan fingerprint density at radius 3 is 2.61 bits per heavy atom. The average molecular weight is 484 g/mol. The highest BCUT2D eigenvalue weighted by molar-refractivity contribution is 6.02. The summed E-state index contributed by atoms with van der Waals surface area (Å²) in [5, 5.41) is 4.65. The summed E-state index contributed by atoms with van der Waals surface area (Å²) in [4.78, 5) is 36.2. The van der Waals surface area contributed by atoms with Gasteiger partial charge in [0, 0.05) is 60.3 Å². The van der Waals surface area contributed by atoms with E-state index in [1.54, 1.807) is 18.5 Å². The van der Waals surface area contributed by atoms with Gasteiger partial charge in [0.15, 0.2) is 0 Å². The molecule has 1 aromatic carbocycles. The first-order valence-corrected chi connectivity index (χ1v) is 12.9. The lowest BCUT2D eigenvalue weighted by molar-refractivity contribution is -0.137. The first kappa shape index (κ1) is 24.0. The number of aromatic nitrogens is 2. The number of benzene rings is 1. The summed E-state index contributed by atoms with van der Waals surface area (Å²) in [6.07, 6.45) is 13.6. The van der Waals surface area contributed by atoms with Crippen LogP contribution in [0.25, 0.3) is 21.9 Å². The van der Waals surface area contributed by atoms with Crippen molar-refractivity contribution in [2.45, 2.75) is 51.9 Å². The van der Waals surface area contributed by atoms with Crippen molar-refractivity contribution in [1.29, 1.82) is 0 Å². The fourth-order valence-electron chi connectivity index (χ4n) is 5.38. The number of hydrogen-bond donors (Lipinski definition) is 2. The van der Waals surface area contributed by atoms with Crippen LogP contribution < -0.4 is 11.1 Å². The Morgan fingerprint density at radius 1 is 1.08 bits per heavy atom. The van der Waals surface area contributed by atoms with Gasteiger partial charge < -0.3 is 16.0 Å². The standard InChI is InChI=1S/C29H33N5O2/c1-19-9-10-31-17-24(19)22-14-23-16-27(32-18-25(23)26(30)15-22)33-28(35)13-20-5-7-21(8-6-20)29(36)34-11-3-2-4-12-34/h9-10,13-18,21H,2-8,11-12,30H2,1H3,(H,32,33,35). The number of anilines is 2. The Morgan fingerprint density at radius 2 is 1.86 bits per heavy atom. The van der Waals surface area contributed by atoms with Gasteiger partial charge in [-0.2, -0.15) is 0 Å². The number of aryl methyl sites for hydroxylation is 1. The predicted octanol–water partition coefficient (Wildman–Crippen LogP) is 5.26. The maximum absolute atomic E-state index is 12.8. The highest BCUT2D eigenvalue weighted by Gasteiger charge is 2.28. The molecule has 0 unspecified atom stereocenters. The van der Waals surface area contributed by atoms with Crippen LogP contribution >= 0.6 is 0 Å². The zero-order valence-corrected chi connectivity index (χ0v) is 20.8. The molecule has 1 saturated carbocycles. The van der Waals surface area contributed by atoms with Crippen LogP contribution in [0.4, 0.5) is 11.5 Å². The van der Waals surface area contributed by atoms with Crippen LogP contribution in [0.1, 0.15) is 50.5 Å². The Balaban J connectivity index is 1.25. The van der Waals surface area contributed by atoms with Crippen LogP contribution in [-0.4, -0.2) is 39.8 Å². The summed E-state index contributed by atoms with van der Waals surface area (Å²) in [6.45, 7) is 3.84. The van der Waals surface area contributed by atoms with E-state index in [9.17, 15) is 9.59 Å². The molecule has 0 spiro atoms. The minimum Gasteiger partial charge on any atom is -0.398 e. The van der Waals surface area contributed by atoms with E-state index < -0.39 is 0 Å². The van der Waals surface area contributed by atoms with E-state index >= 15 is 0 Å². The van der Waals surface area contributed by atoms with Gasteiger partial charge in [0.25, 0.3) is 0 Å². The second kappa shape index (κ2) is 10.5. The van der Waals surface area contributed by atoms with Gasteiger partial charge >= 0.3 is 0 Å². The number of likely N-dealkylation sites (tertiary alicyclic amines) is 1. The van der Waals surface area contributed by atoms with E-state index in [4.69, 9.17) is 5.73 Å². The molecule has 7 nitrogen and oxygen atoms in total. The lowest BCUT2D eigenvalue weighted by Crippen LogP contribution is -2.40. The Hall–Kier alpha value is -3.74. The van der Waals surface area contributed by atoms with Crippen molar-refractivity contribution >= 4 is 34.1 Å². The van der Waals surface area contributed by atoms with Gasteiger partial charge in [-0.25, -0.2) is 4.98 Å². The van der Waals surface area contributed by atoms with E-state index in [0.717, 1.165) is 84.7 Å². The Labute approximate surface area is 211 Å². The maximum Gasteiger partial charge on any atom is 0.249 e. The van der Waals surface area contributed by atoms with E-state index in [1.165, 1.54) is 6.42 Å². The number of amides is 2. The third-order valence-electron chi connectivity index (χ3n) is 7.45. The van der Waals surface area contributed by atoms with Crippen molar-refractivity contribution in [3.63, 3.8) is 0 Å². The Kier molecular flexibility index (Phi) is 6.98. The monoisotopic (exact) mass is 483 g/mol. The van der Waals surface area contributed by atoms with Crippen molar-refractivity contribution in [3.05, 3.63) is 60.1 Å². The predicted molar refractivity (Wildman–Crippen MR) is 143 cm³/mol. The number of nitrogens with one attached hydrogen (secondary N) is 1. The van der Waals surface area contributed by atoms with E-state index in [-0.39, 0.29) is 11.8 Å². The van der Waals surface area contributed by atoms with Gasteiger partial charge in [0.05, 0.1) is 0 Å². The fourth-order valence-corrected chi connectivity index (χ4v) is 5.38.